The first kappa shape index (κ1) is 44.5. The van der Waals surface area contributed by atoms with Crippen LogP contribution in [0.5, 0.6) is 5.75 Å². The number of allylic oxidation sites excluding steroid dienone is 2. The average Bonchev–Trinajstić information content (AvgIpc) is 3.60. The summed E-state index contributed by atoms with van der Waals surface area (Å²) < 4.78 is 22.2. The molecular formula is C43H55N7O8. The van der Waals surface area contributed by atoms with Crippen LogP contribution in [-0.2, 0) is 33.7 Å². The van der Waals surface area contributed by atoms with Crippen molar-refractivity contribution in [1.82, 2.24) is 19.8 Å². The van der Waals surface area contributed by atoms with Crippen LogP contribution in [0.1, 0.15) is 102 Å². The van der Waals surface area contributed by atoms with Crippen LogP contribution in [0.2, 0.25) is 0 Å². The fraction of sp³-hybridized carbons (Fsp3) is 0.419. The standard InChI is InChI=1S/C43H55N7O8/c1-27(18-20-44-28(2)50(39(53)57-42(6,7)8)40(54)58-43(9,10)11)33-25-47-36(32-19-21-55-35(32)33)46-23-29-14-13-15-31(22-29)37(51)48-34-17-16-30(24-45-34)26-49(12)38(52)56-41(3,4)5/h13-18,20,22,24-25H,2,19,21,23,26H2,1,3-12H3,(H,46,47)(H,45,48,51)/b27-18+,44-20?. The summed E-state index contributed by atoms with van der Waals surface area (Å²) in [5.41, 5.74) is 2.20. The molecule has 0 saturated heterocycles. The largest absolute Gasteiger partial charge is 0.492 e. The third-order valence-electron chi connectivity index (χ3n) is 7.95. The molecule has 0 atom stereocenters. The number of aliphatic imine (C=N–C) groups is 1. The maximum atomic E-state index is 13.2. The van der Waals surface area contributed by atoms with Crippen molar-refractivity contribution < 1.29 is 38.1 Å². The first-order valence-electron chi connectivity index (χ1n) is 18.8. The van der Waals surface area contributed by atoms with Gasteiger partial charge in [-0.25, -0.2) is 29.3 Å². The molecule has 0 unspecified atom stereocenters. The molecule has 58 heavy (non-hydrogen) atoms. The lowest BCUT2D eigenvalue weighted by Gasteiger charge is -2.28. The topological polar surface area (TPSA) is 174 Å². The molecule has 2 aromatic heterocycles. The number of hydrogen-bond acceptors (Lipinski definition) is 12. The predicted molar refractivity (Wildman–Crippen MR) is 223 cm³/mol. The molecule has 3 heterocycles. The summed E-state index contributed by atoms with van der Waals surface area (Å²) in [6, 6.07) is 10.7. The van der Waals surface area contributed by atoms with Crippen LogP contribution in [0, 0.1) is 0 Å². The highest BCUT2D eigenvalue weighted by Gasteiger charge is 2.33. The van der Waals surface area contributed by atoms with Crippen LogP contribution in [-0.4, -0.2) is 80.6 Å². The molecular weight excluding hydrogens is 743 g/mol. The molecule has 0 radical (unpaired) electrons. The minimum absolute atomic E-state index is 0.180. The van der Waals surface area contributed by atoms with Gasteiger partial charge in [-0.15, -0.1) is 0 Å². The van der Waals surface area contributed by atoms with E-state index in [-0.39, 0.29) is 11.7 Å². The van der Waals surface area contributed by atoms with Crippen molar-refractivity contribution in [3.05, 3.63) is 95.1 Å². The molecule has 2 N–H and O–H groups in total. The smallest absolute Gasteiger partial charge is 0.425 e. The monoisotopic (exact) mass is 797 g/mol. The Morgan fingerprint density at radius 1 is 0.879 bits per heavy atom. The number of hydrogen-bond donors (Lipinski definition) is 2. The van der Waals surface area contributed by atoms with Crippen molar-refractivity contribution in [2.75, 3.05) is 24.3 Å². The second-order valence-electron chi connectivity index (χ2n) is 16.7. The van der Waals surface area contributed by atoms with Crippen LogP contribution in [0.15, 0.2) is 72.3 Å². The Hall–Kier alpha value is -6.25. The van der Waals surface area contributed by atoms with Crippen molar-refractivity contribution in [1.29, 1.82) is 0 Å². The van der Waals surface area contributed by atoms with Crippen LogP contribution in [0.4, 0.5) is 26.0 Å². The minimum Gasteiger partial charge on any atom is -0.492 e. The SMILES string of the molecule is C=C(N=C/C=C(\C)c1cnc(NCc2cccc(C(=O)Nc3ccc(CN(C)C(=O)OC(C)(C)C)cn3)c2)c2c1OCC2)N(C(=O)OC(C)(C)C)C(=O)OC(C)(C)C. The van der Waals surface area contributed by atoms with Gasteiger partial charge < -0.3 is 34.5 Å². The molecule has 4 amide bonds. The number of carbonyl (C=O) groups excluding carboxylic acids is 4. The van der Waals surface area contributed by atoms with Crippen LogP contribution in [0.3, 0.4) is 0 Å². The van der Waals surface area contributed by atoms with Crippen LogP contribution >= 0.6 is 0 Å². The zero-order valence-electron chi connectivity index (χ0n) is 35.3. The van der Waals surface area contributed by atoms with Crippen LogP contribution in [0.25, 0.3) is 5.57 Å². The highest BCUT2D eigenvalue weighted by atomic mass is 16.6. The maximum absolute atomic E-state index is 13.2. The lowest BCUT2D eigenvalue weighted by Crippen LogP contribution is -2.42. The zero-order valence-corrected chi connectivity index (χ0v) is 35.3. The Kier molecular flexibility index (Phi) is 14.1. The van der Waals surface area contributed by atoms with Crippen molar-refractivity contribution in [3.63, 3.8) is 0 Å². The van der Waals surface area contributed by atoms with Gasteiger partial charge in [0.2, 0.25) is 0 Å². The number of benzene rings is 1. The van der Waals surface area contributed by atoms with Gasteiger partial charge in [0, 0.05) is 55.3 Å². The number of rotatable bonds is 11. The van der Waals surface area contributed by atoms with E-state index in [1.54, 1.807) is 91.3 Å². The van der Waals surface area contributed by atoms with Gasteiger partial charge in [-0.05, 0) is 110 Å². The molecule has 4 rings (SSSR count). The number of imide groups is 1. The van der Waals surface area contributed by atoms with Gasteiger partial charge in [0.15, 0.2) is 0 Å². The van der Waals surface area contributed by atoms with Crippen LogP contribution < -0.4 is 15.4 Å². The third-order valence-corrected chi connectivity index (χ3v) is 7.95. The number of aromatic nitrogens is 2. The Morgan fingerprint density at radius 3 is 2.12 bits per heavy atom. The van der Waals surface area contributed by atoms with Gasteiger partial charge in [0.05, 0.1) is 13.2 Å². The summed E-state index contributed by atoms with van der Waals surface area (Å²) >= 11 is 0. The van der Waals surface area contributed by atoms with E-state index in [4.69, 9.17) is 23.9 Å². The summed E-state index contributed by atoms with van der Waals surface area (Å²) in [5.74, 6) is 1.22. The maximum Gasteiger partial charge on any atom is 0.425 e. The lowest BCUT2D eigenvalue weighted by molar-refractivity contribution is 0.00810. The molecule has 0 spiro atoms. The molecule has 3 aromatic rings. The summed E-state index contributed by atoms with van der Waals surface area (Å²) in [6.07, 6.45) is 4.72. The van der Waals surface area contributed by atoms with E-state index >= 15 is 0 Å². The third kappa shape index (κ3) is 13.2. The molecule has 310 valence electrons. The number of nitrogens with zero attached hydrogens (tertiary/aromatic N) is 5. The van der Waals surface area contributed by atoms with E-state index in [1.165, 1.54) is 11.1 Å². The molecule has 0 fully saturated rings. The number of pyridine rings is 2. The van der Waals surface area contributed by atoms with Gasteiger partial charge in [-0.1, -0.05) is 24.8 Å². The van der Waals surface area contributed by atoms with E-state index in [0.29, 0.717) is 54.0 Å². The number of amides is 4. The molecule has 0 bridgehead atoms. The fourth-order valence-electron chi connectivity index (χ4n) is 5.37. The zero-order chi connectivity index (χ0) is 43.0. The van der Waals surface area contributed by atoms with E-state index in [1.807, 2.05) is 39.8 Å². The van der Waals surface area contributed by atoms with Crippen molar-refractivity contribution in [2.45, 2.75) is 106 Å². The van der Waals surface area contributed by atoms with Gasteiger partial charge >= 0.3 is 18.3 Å². The Morgan fingerprint density at radius 2 is 1.52 bits per heavy atom. The number of carbonyl (C=O) groups is 4. The Balaban J connectivity index is 1.40. The molecule has 15 heteroatoms. The highest BCUT2D eigenvalue weighted by molar-refractivity contribution is 6.03. The first-order valence-corrected chi connectivity index (χ1v) is 18.8. The lowest BCUT2D eigenvalue weighted by atomic mass is 10.0. The second kappa shape index (κ2) is 18.3. The number of ether oxygens (including phenoxy) is 4. The average molecular weight is 798 g/mol. The summed E-state index contributed by atoms with van der Waals surface area (Å²) in [4.78, 5) is 66.7. The summed E-state index contributed by atoms with van der Waals surface area (Å²) in [7, 11) is 1.65. The number of fused-ring (bicyclic) bond motifs is 1. The van der Waals surface area contributed by atoms with Crippen molar-refractivity contribution >= 4 is 47.6 Å². The Labute approximate surface area is 340 Å². The predicted octanol–water partition coefficient (Wildman–Crippen LogP) is 8.76. The van der Waals surface area contributed by atoms with E-state index in [9.17, 15) is 19.2 Å². The van der Waals surface area contributed by atoms with Gasteiger partial charge in [-0.2, -0.15) is 4.90 Å². The van der Waals surface area contributed by atoms with Crippen molar-refractivity contribution in [3.8, 4) is 5.75 Å². The quantitative estimate of drug-likeness (QED) is 0.140. The van der Waals surface area contributed by atoms with E-state index in [0.717, 1.165) is 27.8 Å². The number of nitrogens with one attached hydrogen (secondary N) is 2. The van der Waals surface area contributed by atoms with Gasteiger partial charge in [0.25, 0.3) is 5.91 Å². The number of anilines is 2. The molecule has 1 aliphatic heterocycles. The summed E-state index contributed by atoms with van der Waals surface area (Å²) in [6.45, 7) is 22.4. The summed E-state index contributed by atoms with van der Waals surface area (Å²) in [5, 5.41) is 6.22. The van der Waals surface area contributed by atoms with Crippen molar-refractivity contribution in [2.24, 2.45) is 4.99 Å². The molecule has 1 aliphatic rings. The van der Waals surface area contributed by atoms with E-state index < -0.39 is 35.1 Å². The Bertz CT molecular complexity index is 2050. The molecule has 0 aliphatic carbocycles. The normalized spacial score (nSPS) is 12.9. The van der Waals surface area contributed by atoms with E-state index in [2.05, 4.69) is 27.2 Å². The fourth-order valence-corrected chi connectivity index (χ4v) is 5.37. The highest BCUT2D eigenvalue weighted by Crippen LogP contribution is 2.37. The molecule has 1 aromatic carbocycles. The second-order valence-corrected chi connectivity index (χ2v) is 16.7. The first-order chi connectivity index (χ1) is 27.0. The minimum atomic E-state index is -0.958. The van der Waals surface area contributed by atoms with Gasteiger partial charge in [-0.3, -0.25) is 4.79 Å². The molecule has 0 saturated carbocycles. The van der Waals surface area contributed by atoms with Gasteiger partial charge in [0.1, 0.15) is 40.0 Å². The molecule has 15 nitrogen and oxygen atoms in total.